The third kappa shape index (κ3) is 3.59. The van der Waals surface area contributed by atoms with Gasteiger partial charge in [0, 0.05) is 26.7 Å². The predicted octanol–water partition coefficient (Wildman–Crippen LogP) is 0.702. The van der Waals surface area contributed by atoms with Crippen molar-refractivity contribution in [1.82, 2.24) is 4.31 Å². The summed E-state index contributed by atoms with van der Waals surface area (Å²) in [4.78, 5) is 0.0821. The molecular formula is C12H21N3O3S. The SMILES string of the molecule is CC(CCO)Nc1cccc(S(=O)(=O)N(C)C)c1N. The number of para-hydroxylation sites is 1. The van der Waals surface area contributed by atoms with Gasteiger partial charge in [0.1, 0.15) is 4.90 Å². The average molecular weight is 287 g/mol. The highest BCUT2D eigenvalue weighted by molar-refractivity contribution is 7.89. The molecule has 4 N–H and O–H groups in total. The Balaban J connectivity index is 3.13. The van der Waals surface area contributed by atoms with E-state index in [0.29, 0.717) is 12.1 Å². The first-order valence-corrected chi connectivity index (χ1v) is 7.43. The first-order valence-electron chi connectivity index (χ1n) is 5.99. The van der Waals surface area contributed by atoms with E-state index in [2.05, 4.69) is 5.32 Å². The van der Waals surface area contributed by atoms with Crippen LogP contribution in [0.15, 0.2) is 23.1 Å². The van der Waals surface area contributed by atoms with Crippen LogP contribution in [0.5, 0.6) is 0 Å². The smallest absolute Gasteiger partial charge is 0.244 e. The van der Waals surface area contributed by atoms with Gasteiger partial charge in [-0.05, 0) is 25.5 Å². The van der Waals surface area contributed by atoms with Gasteiger partial charge in [-0.3, -0.25) is 0 Å². The molecule has 6 nitrogen and oxygen atoms in total. The van der Waals surface area contributed by atoms with Crippen LogP contribution in [0.2, 0.25) is 0 Å². The Morgan fingerprint density at radius 1 is 1.42 bits per heavy atom. The molecule has 0 radical (unpaired) electrons. The first-order chi connectivity index (χ1) is 8.80. The Labute approximate surface area is 114 Å². The highest BCUT2D eigenvalue weighted by atomic mass is 32.2. The van der Waals surface area contributed by atoms with E-state index in [1.165, 1.54) is 20.2 Å². The number of aliphatic hydroxyl groups is 1. The van der Waals surface area contributed by atoms with Crippen LogP contribution >= 0.6 is 0 Å². The number of rotatable bonds is 6. The van der Waals surface area contributed by atoms with Crippen molar-refractivity contribution >= 4 is 21.4 Å². The lowest BCUT2D eigenvalue weighted by Crippen LogP contribution is -2.24. The van der Waals surface area contributed by atoms with Gasteiger partial charge in [-0.2, -0.15) is 0 Å². The molecule has 1 atom stereocenters. The number of nitrogens with zero attached hydrogens (tertiary/aromatic N) is 1. The third-order valence-electron chi connectivity index (χ3n) is 2.79. The topological polar surface area (TPSA) is 95.7 Å². The second-order valence-electron chi connectivity index (χ2n) is 4.56. The molecule has 0 saturated carbocycles. The summed E-state index contributed by atoms with van der Waals surface area (Å²) in [5.74, 6) is 0. The van der Waals surface area contributed by atoms with Crippen molar-refractivity contribution in [2.75, 3.05) is 31.8 Å². The van der Waals surface area contributed by atoms with Gasteiger partial charge in [-0.25, -0.2) is 12.7 Å². The van der Waals surface area contributed by atoms with E-state index in [1.807, 2.05) is 6.92 Å². The minimum Gasteiger partial charge on any atom is -0.396 e. The molecule has 0 aliphatic rings. The van der Waals surface area contributed by atoms with Crippen molar-refractivity contribution in [2.45, 2.75) is 24.3 Å². The van der Waals surface area contributed by atoms with Crippen LogP contribution in [0.25, 0.3) is 0 Å². The maximum Gasteiger partial charge on any atom is 0.244 e. The number of sulfonamides is 1. The molecule has 0 aromatic heterocycles. The summed E-state index contributed by atoms with van der Waals surface area (Å²) in [5, 5.41) is 12.0. The fourth-order valence-electron chi connectivity index (χ4n) is 1.62. The largest absolute Gasteiger partial charge is 0.396 e. The van der Waals surface area contributed by atoms with Crippen molar-refractivity contribution < 1.29 is 13.5 Å². The molecule has 1 unspecified atom stereocenters. The van der Waals surface area contributed by atoms with Crippen LogP contribution < -0.4 is 11.1 Å². The lowest BCUT2D eigenvalue weighted by Gasteiger charge is -2.19. The molecule has 0 spiro atoms. The van der Waals surface area contributed by atoms with Crippen molar-refractivity contribution in [2.24, 2.45) is 0 Å². The Hall–Kier alpha value is -1.31. The van der Waals surface area contributed by atoms with E-state index < -0.39 is 10.0 Å². The minimum absolute atomic E-state index is 0.00427. The zero-order chi connectivity index (χ0) is 14.6. The molecule has 1 rings (SSSR count). The number of nitrogen functional groups attached to an aromatic ring is 1. The summed E-state index contributed by atoms with van der Waals surface area (Å²) in [5.41, 5.74) is 6.68. The van der Waals surface area contributed by atoms with Gasteiger partial charge in [-0.15, -0.1) is 0 Å². The van der Waals surface area contributed by atoms with E-state index >= 15 is 0 Å². The quantitative estimate of drug-likeness (QED) is 0.669. The first kappa shape index (κ1) is 15.7. The Bertz CT molecular complexity index is 529. The Morgan fingerprint density at radius 2 is 2.05 bits per heavy atom. The molecule has 0 heterocycles. The molecular weight excluding hydrogens is 266 g/mol. The van der Waals surface area contributed by atoms with Crippen LogP contribution in [-0.4, -0.2) is 44.6 Å². The second kappa shape index (κ2) is 6.23. The van der Waals surface area contributed by atoms with E-state index in [4.69, 9.17) is 10.8 Å². The zero-order valence-electron chi connectivity index (χ0n) is 11.4. The molecule has 0 fully saturated rings. The molecule has 0 amide bonds. The fourth-order valence-corrected chi connectivity index (χ4v) is 2.65. The lowest BCUT2D eigenvalue weighted by atomic mass is 10.2. The van der Waals surface area contributed by atoms with Gasteiger partial charge in [0.25, 0.3) is 0 Å². The van der Waals surface area contributed by atoms with Crippen molar-refractivity contribution in [3.63, 3.8) is 0 Å². The Kier molecular flexibility index (Phi) is 5.16. The Morgan fingerprint density at radius 3 is 2.58 bits per heavy atom. The van der Waals surface area contributed by atoms with Gasteiger partial charge >= 0.3 is 0 Å². The summed E-state index contributed by atoms with van der Waals surface area (Å²) in [6.07, 6.45) is 0.560. The number of nitrogens with one attached hydrogen (secondary N) is 1. The lowest BCUT2D eigenvalue weighted by molar-refractivity contribution is 0.282. The molecule has 0 saturated heterocycles. The zero-order valence-corrected chi connectivity index (χ0v) is 12.2. The molecule has 0 aliphatic heterocycles. The molecule has 1 aromatic carbocycles. The normalized spacial score (nSPS) is 13.5. The van der Waals surface area contributed by atoms with Crippen molar-refractivity contribution in [1.29, 1.82) is 0 Å². The van der Waals surface area contributed by atoms with Crippen LogP contribution in [-0.2, 0) is 10.0 Å². The van der Waals surface area contributed by atoms with Gasteiger partial charge in [0.2, 0.25) is 10.0 Å². The van der Waals surface area contributed by atoms with Crippen molar-refractivity contribution in [3.05, 3.63) is 18.2 Å². The van der Waals surface area contributed by atoms with Gasteiger partial charge < -0.3 is 16.2 Å². The van der Waals surface area contributed by atoms with Gasteiger partial charge in [0.15, 0.2) is 0 Å². The van der Waals surface area contributed by atoms with Crippen LogP contribution in [0.1, 0.15) is 13.3 Å². The second-order valence-corrected chi connectivity index (χ2v) is 6.68. The molecule has 0 aliphatic carbocycles. The monoisotopic (exact) mass is 287 g/mol. The highest BCUT2D eigenvalue weighted by Gasteiger charge is 2.21. The van der Waals surface area contributed by atoms with E-state index in [9.17, 15) is 8.42 Å². The number of anilines is 2. The number of nitrogens with two attached hydrogens (primary N) is 1. The number of hydrogen-bond donors (Lipinski definition) is 3. The van der Waals surface area contributed by atoms with Gasteiger partial charge in [-0.1, -0.05) is 6.07 Å². The minimum atomic E-state index is -3.56. The number of aliphatic hydroxyl groups excluding tert-OH is 1. The number of hydrogen-bond acceptors (Lipinski definition) is 5. The summed E-state index contributed by atoms with van der Waals surface area (Å²) >= 11 is 0. The summed E-state index contributed by atoms with van der Waals surface area (Å²) < 4.78 is 25.3. The highest BCUT2D eigenvalue weighted by Crippen LogP contribution is 2.28. The van der Waals surface area contributed by atoms with Crippen molar-refractivity contribution in [3.8, 4) is 0 Å². The standard InChI is InChI=1S/C12H21N3O3S/c1-9(7-8-16)14-10-5-4-6-11(12(10)13)19(17,18)15(2)3/h4-6,9,14,16H,7-8,13H2,1-3H3. The summed E-state index contributed by atoms with van der Waals surface area (Å²) in [6, 6.07) is 4.84. The predicted molar refractivity (Wildman–Crippen MR) is 76.5 cm³/mol. The molecule has 19 heavy (non-hydrogen) atoms. The van der Waals surface area contributed by atoms with E-state index in [0.717, 1.165) is 4.31 Å². The van der Waals surface area contributed by atoms with Crippen LogP contribution in [0.3, 0.4) is 0 Å². The van der Waals surface area contributed by atoms with Crippen LogP contribution in [0.4, 0.5) is 11.4 Å². The van der Waals surface area contributed by atoms with E-state index in [1.54, 1.807) is 12.1 Å². The van der Waals surface area contributed by atoms with E-state index in [-0.39, 0.29) is 23.2 Å². The fraction of sp³-hybridized carbons (Fsp3) is 0.500. The molecule has 0 bridgehead atoms. The average Bonchev–Trinajstić information content (AvgIpc) is 2.31. The maximum absolute atomic E-state index is 12.1. The molecule has 7 heteroatoms. The number of benzene rings is 1. The van der Waals surface area contributed by atoms with Gasteiger partial charge in [0.05, 0.1) is 11.4 Å². The molecule has 108 valence electrons. The van der Waals surface area contributed by atoms with Crippen LogP contribution in [0, 0.1) is 0 Å². The third-order valence-corrected chi connectivity index (χ3v) is 4.66. The summed E-state index contributed by atoms with van der Waals surface area (Å²) in [7, 11) is -0.636. The maximum atomic E-state index is 12.1. The molecule has 1 aromatic rings. The summed E-state index contributed by atoms with van der Waals surface area (Å²) in [6.45, 7) is 1.95.